The first kappa shape index (κ1) is 35.2. The third-order valence-corrected chi connectivity index (χ3v) is 11.2. The molecule has 2 heterocycles. The molecule has 0 unspecified atom stereocenters. The second-order valence-electron chi connectivity index (χ2n) is 15.0. The summed E-state index contributed by atoms with van der Waals surface area (Å²) >= 11 is 0. The molecule has 0 atom stereocenters. The number of hydrogen-bond donors (Lipinski definition) is 0. The van der Waals surface area contributed by atoms with E-state index in [1.807, 2.05) is 0 Å². The summed E-state index contributed by atoms with van der Waals surface area (Å²) in [5, 5.41) is 0. The Hall–Kier alpha value is -6.52. The highest BCUT2D eigenvalue weighted by Gasteiger charge is 2.54. The molecule has 0 amide bonds. The van der Waals surface area contributed by atoms with Gasteiger partial charge >= 0.3 is 0 Å². The summed E-state index contributed by atoms with van der Waals surface area (Å²) in [6.07, 6.45) is 2.85. The smallest absolute Gasteiger partial charge is 0.133 e. The Balaban J connectivity index is 1.20. The summed E-state index contributed by atoms with van der Waals surface area (Å²) in [6, 6.07) is 69.1. The molecule has 1 saturated carbocycles. The van der Waals surface area contributed by atoms with Gasteiger partial charge in [0.05, 0.1) is 0 Å². The SMILES string of the molecule is c1ccc(Cc2cc([C@H]3[C@H](c4ccccc4)[C@H](c4cc(Cc5ccccc5)nc(Cc5ccccc5)n4)[C@H]3c3ccccc3)nc(Cc3ccccc3)n2)cc1. The minimum Gasteiger partial charge on any atom is -0.237 e. The molecule has 1 aliphatic carbocycles. The lowest BCUT2D eigenvalue weighted by molar-refractivity contribution is 0.219. The quantitative estimate of drug-likeness (QED) is 0.126. The number of benzene rings is 6. The van der Waals surface area contributed by atoms with Gasteiger partial charge in [-0.2, -0.15) is 0 Å². The van der Waals surface area contributed by atoms with Crippen LogP contribution in [0.4, 0.5) is 0 Å². The maximum atomic E-state index is 5.47. The van der Waals surface area contributed by atoms with Crippen LogP contribution in [0, 0.1) is 0 Å². The second kappa shape index (κ2) is 16.5. The van der Waals surface area contributed by atoms with E-state index in [0.717, 1.165) is 47.3 Å². The van der Waals surface area contributed by atoms with Crippen molar-refractivity contribution in [2.24, 2.45) is 0 Å². The average Bonchev–Trinajstić information content (AvgIpc) is 3.23. The number of hydrogen-bond acceptors (Lipinski definition) is 4. The van der Waals surface area contributed by atoms with Crippen molar-refractivity contribution in [2.75, 3.05) is 0 Å². The lowest BCUT2D eigenvalue weighted by Gasteiger charge is -2.52. The summed E-state index contributed by atoms with van der Waals surface area (Å²) in [5.41, 5.74) is 11.8. The molecule has 0 aliphatic heterocycles. The van der Waals surface area contributed by atoms with Crippen molar-refractivity contribution in [3.8, 4) is 0 Å². The van der Waals surface area contributed by atoms with Crippen LogP contribution < -0.4 is 0 Å². The van der Waals surface area contributed by atoms with Crippen LogP contribution in [0.5, 0.6) is 0 Å². The minimum atomic E-state index is 0.0990. The lowest BCUT2D eigenvalue weighted by atomic mass is 9.50. The predicted octanol–water partition coefficient (Wildman–Crippen LogP) is 11.1. The molecule has 1 aliphatic rings. The molecule has 4 heteroatoms. The van der Waals surface area contributed by atoms with Gasteiger partial charge < -0.3 is 0 Å². The molecule has 1 fully saturated rings. The molecule has 272 valence electrons. The van der Waals surface area contributed by atoms with E-state index in [1.165, 1.54) is 33.4 Å². The number of rotatable bonds is 12. The van der Waals surface area contributed by atoms with E-state index in [9.17, 15) is 0 Å². The van der Waals surface area contributed by atoms with Gasteiger partial charge in [-0.25, -0.2) is 19.9 Å². The summed E-state index contributed by atoms with van der Waals surface area (Å²) in [7, 11) is 0. The molecule has 0 radical (unpaired) electrons. The molecule has 4 nitrogen and oxygen atoms in total. The Morgan fingerprint density at radius 1 is 0.286 bits per heavy atom. The van der Waals surface area contributed by atoms with E-state index < -0.39 is 0 Å². The van der Waals surface area contributed by atoms with E-state index in [-0.39, 0.29) is 23.7 Å². The van der Waals surface area contributed by atoms with Crippen molar-refractivity contribution in [3.05, 3.63) is 262 Å². The van der Waals surface area contributed by atoms with Gasteiger partial charge in [-0.1, -0.05) is 182 Å². The van der Waals surface area contributed by atoms with Crippen molar-refractivity contribution in [3.63, 3.8) is 0 Å². The fourth-order valence-corrected chi connectivity index (χ4v) is 8.66. The zero-order valence-corrected chi connectivity index (χ0v) is 31.4. The maximum Gasteiger partial charge on any atom is 0.133 e. The van der Waals surface area contributed by atoms with Gasteiger partial charge in [0.1, 0.15) is 11.6 Å². The molecule has 8 aromatic rings. The topological polar surface area (TPSA) is 51.6 Å². The zero-order valence-electron chi connectivity index (χ0n) is 31.4. The van der Waals surface area contributed by atoms with Gasteiger partial charge in [0.2, 0.25) is 0 Å². The van der Waals surface area contributed by atoms with Crippen molar-refractivity contribution >= 4 is 0 Å². The number of aromatic nitrogens is 4. The maximum absolute atomic E-state index is 5.47. The average molecular weight is 725 g/mol. The van der Waals surface area contributed by atoms with Crippen molar-refractivity contribution in [1.82, 2.24) is 19.9 Å². The van der Waals surface area contributed by atoms with Crippen LogP contribution in [-0.2, 0) is 25.7 Å². The second-order valence-corrected chi connectivity index (χ2v) is 15.0. The van der Waals surface area contributed by atoms with Gasteiger partial charge in [0.15, 0.2) is 0 Å². The van der Waals surface area contributed by atoms with Crippen molar-refractivity contribution < 1.29 is 0 Å². The molecule has 0 N–H and O–H groups in total. The largest absolute Gasteiger partial charge is 0.237 e. The minimum absolute atomic E-state index is 0.0990. The van der Waals surface area contributed by atoms with Gasteiger partial charge in [0.25, 0.3) is 0 Å². The van der Waals surface area contributed by atoms with Crippen LogP contribution in [0.2, 0.25) is 0 Å². The standard InChI is InChI=1S/C52H44N4/c1-7-19-37(20-8-1)31-43-35-45(55-47(53-43)33-39-23-11-3-12-24-39)51-49(41-27-15-5-16-28-41)52(50(51)42-29-17-6-18-30-42)46-36-44(32-38-21-9-2-10-22-38)54-48(56-46)34-40-25-13-4-14-26-40/h1-30,35-36,49-52H,31-34H2/t49-,50-,51-,52-. The van der Waals surface area contributed by atoms with Crippen LogP contribution in [0.15, 0.2) is 194 Å². The molecular weight excluding hydrogens is 681 g/mol. The van der Waals surface area contributed by atoms with E-state index in [1.54, 1.807) is 0 Å². The molecule has 56 heavy (non-hydrogen) atoms. The third kappa shape index (κ3) is 7.97. The third-order valence-electron chi connectivity index (χ3n) is 11.2. The van der Waals surface area contributed by atoms with Crippen LogP contribution in [0.3, 0.4) is 0 Å². The van der Waals surface area contributed by atoms with E-state index in [0.29, 0.717) is 12.8 Å². The van der Waals surface area contributed by atoms with Gasteiger partial charge in [-0.15, -0.1) is 0 Å². The highest BCUT2D eigenvalue weighted by molar-refractivity contribution is 5.47. The normalized spacial score (nSPS) is 17.6. The van der Waals surface area contributed by atoms with Gasteiger partial charge in [-0.05, 0) is 45.5 Å². The summed E-state index contributed by atoms with van der Waals surface area (Å²) < 4.78 is 0. The first-order valence-corrected chi connectivity index (χ1v) is 19.7. The lowest BCUT2D eigenvalue weighted by Crippen LogP contribution is -2.41. The summed E-state index contributed by atoms with van der Waals surface area (Å²) in [4.78, 5) is 21.4. The highest BCUT2D eigenvalue weighted by atomic mass is 14.9. The Kier molecular flexibility index (Phi) is 10.3. The fourth-order valence-electron chi connectivity index (χ4n) is 8.66. The molecule has 2 aromatic heterocycles. The molecule has 0 bridgehead atoms. The molecular formula is C52H44N4. The van der Waals surface area contributed by atoms with Gasteiger partial charge in [-0.3, -0.25) is 0 Å². The van der Waals surface area contributed by atoms with Crippen LogP contribution in [-0.4, -0.2) is 19.9 Å². The Morgan fingerprint density at radius 3 is 0.893 bits per heavy atom. The first-order chi connectivity index (χ1) is 27.7. The predicted molar refractivity (Wildman–Crippen MR) is 225 cm³/mol. The van der Waals surface area contributed by atoms with Gasteiger partial charge in [0, 0.05) is 72.1 Å². The van der Waals surface area contributed by atoms with Crippen LogP contribution in [0.25, 0.3) is 0 Å². The molecule has 0 saturated heterocycles. The highest BCUT2D eigenvalue weighted by Crippen LogP contribution is 2.66. The van der Waals surface area contributed by atoms with Crippen molar-refractivity contribution in [2.45, 2.75) is 49.4 Å². The fraction of sp³-hybridized carbons (Fsp3) is 0.154. The Labute approximate surface area is 330 Å². The van der Waals surface area contributed by atoms with Crippen molar-refractivity contribution in [1.29, 1.82) is 0 Å². The Bertz CT molecular complexity index is 2170. The first-order valence-electron chi connectivity index (χ1n) is 19.7. The number of nitrogens with zero attached hydrogens (tertiary/aromatic N) is 4. The summed E-state index contributed by atoms with van der Waals surface area (Å²) in [6.45, 7) is 0. The molecule has 6 aromatic carbocycles. The van der Waals surface area contributed by atoms with Crippen LogP contribution in [0.1, 0.15) is 91.5 Å². The molecule has 0 spiro atoms. The van der Waals surface area contributed by atoms with Crippen LogP contribution >= 0.6 is 0 Å². The zero-order chi connectivity index (χ0) is 37.5. The molecule has 9 rings (SSSR count). The van der Waals surface area contributed by atoms with E-state index in [4.69, 9.17) is 19.9 Å². The van der Waals surface area contributed by atoms with E-state index in [2.05, 4.69) is 194 Å². The summed E-state index contributed by atoms with van der Waals surface area (Å²) in [5.74, 6) is 2.19. The van der Waals surface area contributed by atoms with E-state index >= 15 is 0 Å². The Morgan fingerprint density at radius 2 is 0.571 bits per heavy atom. The monoisotopic (exact) mass is 724 g/mol.